The van der Waals surface area contributed by atoms with Crippen LogP contribution in [0, 0.1) is 0 Å². The van der Waals surface area contributed by atoms with Gasteiger partial charge < -0.3 is 4.90 Å². The first-order chi connectivity index (χ1) is 10.8. The Balaban J connectivity index is 1.97. The molecule has 1 amide bonds. The maximum absolute atomic E-state index is 12.9. The first-order valence-corrected chi connectivity index (χ1v) is 9.71. The summed E-state index contributed by atoms with van der Waals surface area (Å²) in [5.74, 6) is -0.00323. The van der Waals surface area contributed by atoms with Gasteiger partial charge in [0, 0.05) is 31.2 Å². The van der Waals surface area contributed by atoms with Gasteiger partial charge in [0.1, 0.15) is 0 Å². The van der Waals surface area contributed by atoms with Crippen molar-refractivity contribution < 1.29 is 13.2 Å². The van der Waals surface area contributed by atoms with Gasteiger partial charge >= 0.3 is 0 Å². The highest BCUT2D eigenvalue weighted by Gasteiger charge is 2.34. The van der Waals surface area contributed by atoms with Crippen molar-refractivity contribution in [1.29, 1.82) is 0 Å². The van der Waals surface area contributed by atoms with E-state index in [1.54, 1.807) is 34.3 Å². The Kier molecular flexibility index (Phi) is 4.23. The molecular weight excluding hydrogens is 312 g/mol. The Hall–Kier alpha value is -1.40. The molecule has 1 aromatic rings. The molecule has 0 spiro atoms. The number of nitrogens with zero attached hydrogens (tertiary/aromatic N) is 2. The average molecular weight is 336 g/mol. The van der Waals surface area contributed by atoms with Crippen molar-refractivity contribution in [2.24, 2.45) is 0 Å². The van der Waals surface area contributed by atoms with Crippen molar-refractivity contribution >= 4 is 21.6 Å². The van der Waals surface area contributed by atoms with Crippen LogP contribution in [0.2, 0.25) is 0 Å². The third-order valence-corrected chi connectivity index (χ3v) is 6.96. The van der Waals surface area contributed by atoms with Crippen molar-refractivity contribution in [1.82, 2.24) is 4.31 Å². The van der Waals surface area contributed by atoms with Crippen LogP contribution in [-0.2, 0) is 21.2 Å². The second-order valence-electron chi connectivity index (χ2n) is 6.69. The third kappa shape index (κ3) is 2.78. The van der Waals surface area contributed by atoms with Gasteiger partial charge in [0.2, 0.25) is 15.9 Å². The number of hydrogen-bond acceptors (Lipinski definition) is 3. The molecule has 2 heterocycles. The topological polar surface area (TPSA) is 57.7 Å². The van der Waals surface area contributed by atoms with Crippen LogP contribution in [0.3, 0.4) is 0 Å². The Morgan fingerprint density at radius 3 is 2.57 bits per heavy atom. The maximum Gasteiger partial charge on any atom is 0.243 e. The van der Waals surface area contributed by atoms with E-state index in [1.807, 2.05) is 13.8 Å². The molecular formula is C17H24N2O3S. The molecule has 3 rings (SSSR count). The molecule has 5 nitrogen and oxygen atoms in total. The minimum absolute atomic E-state index is 0.00323. The molecule has 2 atom stereocenters. The quantitative estimate of drug-likeness (QED) is 0.834. The molecule has 0 aromatic heterocycles. The second-order valence-corrected chi connectivity index (χ2v) is 8.58. The highest BCUT2D eigenvalue weighted by molar-refractivity contribution is 7.89. The van der Waals surface area contributed by atoms with Gasteiger partial charge in [-0.05, 0) is 56.9 Å². The fraction of sp³-hybridized carbons (Fsp3) is 0.588. The lowest BCUT2D eigenvalue weighted by molar-refractivity contribution is -0.116. The summed E-state index contributed by atoms with van der Waals surface area (Å²) in [4.78, 5) is 13.9. The predicted octanol–water partition coefficient (Wildman–Crippen LogP) is 2.55. The van der Waals surface area contributed by atoms with Crippen LogP contribution < -0.4 is 4.90 Å². The number of fused-ring (bicyclic) bond motifs is 1. The van der Waals surface area contributed by atoms with E-state index in [4.69, 9.17) is 0 Å². The molecule has 2 aliphatic rings. The normalized spacial score (nSPS) is 25.4. The lowest BCUT2D eigenvalue weighted by atomic mass is 10.1. The summed E-state index contributed by atoms with van der Waals surface area (Å²) in [5.41, 5.74) is 1.79. The van der Waals surface area contributed by atoms with E-state index in [-0.39, 0.29) is 18.0 Å². The van der Waals surface area contributed by atoms with Crippen molar-refractivity contribution in [3.8, 4) is 0 Å². The zero-order chi connectivity index (χ0) is 16.8. The fourth-order valence-electron chi connectivity index (χ4n) is 3.81. The molecule has 0 aliphatic carbocycles. The van der Waals surface area contributed by atoms with Gasteiger partial charge in [-0.25, -0.2) is 8.42 Å². The van der Waals surface area contributed by atoms with Crippen molar-refractivity contribution in [3.05, 3.63) is 23.8 Å². The number of piperidine rings is 1. The van der Waals surface area contributed by atoms with Gasteiger partial charge in [0.25, 0.3) is 0 Å². The zero-order valence-electron chi connectivity index (χ0n) is 13.9. The lowest BCUT2D eigenvalue weighted by Crippen LogP contribution is -2.41. The van der Waals surface area contributed by atoms with E-state index >= 15 is 0 Å². The first kappa shape index (κ1) is 16.5. The molecule has 1 fully saturated rings. The average Bonchev–Trinajstić information content (AvgIpc) is 2.82. The van der Waals surface area contributed by atoms with E-state index in [9.17, 15) is 13.2 Å². The SMILES string of the molecule is CC(=O)N1c2ccc(S(=O)(=O)N3CCCCC3C)cc2CC1C. The van der Waals surface area contributed by atoms with E-state index in [2.05, 4.69) is 0 Å². The number of carbonyl (C=O) groups is 1. The third-order valence-electron chi connectivity index (χ3n) is 4.95. The Morgan fingerprint density at radius 1 is 1.17 bits per heavy atom. The Bertz CT molecular complexity index is 729. The molecule has 23 heavy (non-hydrogen) atoms. The number of anilines is 1. The van der Waals surface area contributed by atoms with Crippen LogP contribution >= 0.6 is 0 Å². The summed E-state index contributed by atoms with van der Waals surface area (Å²) in [5, 5.41) is 0. The summed E-state index contributed by atoms with van der Waals surface area (Å²) >= 11 is 0. The number of sulfonamides is 1. The predicted molar refractivity (Wildman–Crippen MR) is 90.0 cm³/mol. The first-order valence-electron chi connectivity index (χ1n) is 8.27. The number of carbonyl (C=O) groups excluding carboxylic acids is 1. The van der Waals surface area contributed by atoms with Crippen molar-refractivity contribution in [2.45, 2.75) is 63.4 Å². The van der Waals surface area contributed by atoms with Gasteiger partial charge in [0.05, 0.1) is 4.90 Å². The van der Waals surface area contributed by atoms with Gasteiger partial charge in [-0.1, -0.05) is 6.42 Å². The summed E-state index contributed by atoms with van der Waals surface area (Å²) < 4.78 is 27.5. The van der Waals surface area contributed by atoms with Gasteiger partial charge in [-0.15, -0.1) is 0 Å². The molecule has 0 N–H and O–H groups in total. The summed E-state index contributed by atoms with van der Waals surface area (Å²) in [6, 6.07) is 5.31. The smallest absolute Gasteiger partial charge is 0.243 e. The summed E-state index contributed by atoms with van der Waals surface area (Å²) in [7, 11) is -3.46. The van der Waals surface area contributed by atoms with Gasteiger partial charge in [0.15, 0.2) is 0 Å². The minimum Gasteiger partial charge on any atom is -0.309 e. The van der Waals surface area contributed by atoms with Crippen LogP contribution in [0.25, 0.3) is 0 Å². The van der Waals surface area contributed by atoms with E-state index < -0.39 is 10.0 Å². The van der Waals surface area contributed by atoms with E-state index in [0.717, 1.165) is 30.5 Å². The molecule has 0 radical (unpaired) electrons. The molecule has 0 saturated carbocycles. The number of rotatable bonds is 2. The molecule has 0 bridgehead atoms. The van der Waals surface area contributed by atoms with Crippen LogP contribution in [0.4, 0.5) is 5.69 Å². The van der Waals surface area contributed by atoms with E-state index in [0.29, 0.717) is 17.9 Å². The highest BCUT2D eigenvalue weighted by Crippen LogP contribution is 2.35. The molecule has 2 aliphatic heterocycles. The lowest BCUT2D eigenvalue weighted by Gasteiger charge is -2.32. The van der Waals surface area contributed by atoms with Crippen LogP contribution in [0.5, 0.6) is 0 Å². The van der Waals surface area contributed by atoms with Gasteiger partial charge in [-0.2, -0.15) is 4.31 Å². The number of amides is 1. The molecule has 126 valence electrons. The molecule has 1 aromatic carbocycles. The van der Waals surface area contributed by atoms with Crippen LogP contribution in [0.1, 0.15) is 45.6 Å². The number of benzene rings is 1. The second kappa shape index (κ2) is 5.91. The fourth-order valence-corrected chi connectivity index (χ4v) is 5.56. The summed E-state index contributed by atoms with van der Waals surface area (Å²) in [6.07, 6.45) is 3.62. The van der Waals surface area contributed by atoms with Crippen molar-refractivity contribution in [3.63, 3.8) is 0 Å². The molecule has 2 unspecified atom stereocenters. The van der Waals surface area contributed by atoms with Crippen LogP contribution in [0.15, 0.2) is 23.1 Å². The van der Waals surface area contributed by atoms with E-state index in [1.165, 1.54) is 0 Å². The van der Waals surface area contributed by atoms with Gasteiger partial charge in [-0.3, -0.25) is 4.79 Å². The van der Waals surface area contributed by atoms with Crippen LogP contribution in [-0.4, -0.2) is 37.3 Å². The van der Waals surface area contributed by atoms with Crippen molar-refractivity contribution in [2.75, 3.05) is 11.4 Å². The maximum atomic E-state index is 12.9. The zero-order valence-corrected chi connectivity index (χ0v) is 14.8. The Labute approximate surface area is 138 Å². The largest absolute Gasteiger partial charge is 0.309 e. The molecule has 1 saturated heterocycles. The number of hydrogen-bond donors (Lipinski definition) is 0. The standard InChI is InChI=1S/C17H24N2O3S/c1-12-6-4-5-9-18(12)23(21,22)16-7-8-17-15(11-16)10-13(2)19(17)14(3)20/h7-8,11-13H,4-6,9-10H2,1-3H3. The Morgan fingerprint density at radius 2 is 1.91 bits per heavy atom. The minimum atomic E-state index is -3.46. The highest BCUT2D eigenvalue weighted by atomic mass is 32.2. The summed E-state index contributed by atoms with van der Waals surface area (Å²) in [6.45, 7) is 6.11. The monoisotopic (exact) mass is 336 g/mol. The molecule has 6 heteroatoms.